The van der Waals surface area contributed by atoms with E-state index >= 15 is 0 Å². The summed E-state index contributed by atoms with van der Waals surface area (Å²) in [6.07, 6.45) is 14.2. The Morgan fingerprint density at radius 1 is 0.885 bits per heavy atom. The lowest BCUT2D eigenvalue weighted by atomic mass is 10.1. The summed E-state index contributed by atoms with van der Waals surface area (Å²) < 4.78 is 10.2. The summed E-state index contributed by atoms with van der Waals surface area (Å²) >= 11 is 0. The zero-order chi connectivity index (χ0) is 19.5. The number of rotatable bonds is 17. The van der Waals surface area contributed by atoms with E-state index in [0.717, 1.165) is 25.7 Å². The molecule has 1 unspecified atom stereocenters. The van der Waals surface area contributed by atoms with Crippen molar-refractivity contribution >= 4 is 12.1 Å². The second-order valence-corrected chi connectivity index (χ2v) is 6.72. The van der Waals surface area contributed by atoms with Crippen LogP contribution in [-0.4, -0.2) is 31.3 Å². The van der Waals surface area contributed by atoms with Gasteiger partial charge in [0.2, 0.25) is 0 Å². The van der Waals surface area contributed by atoms with Crippen molar-refractivity contribution in [2.24, 2.45) is 0 Å². The molecule has 0 heterocycles. The summed E-state index contributed by atoms with van der Waals surface area (Å²) in [5.74, 6) is -0.367. The minimum Gasteiger partial charge on any atom is -0.464 e. The van der Waals surface area contributed by atoms with Crippen molar-refractivity contribution in [3.63, 3.8) is 0 Å². The van der Waals surface area contributed by atoms with E-state index in [1.54, 1.807) is 0 Å². The quantitative estimate of drug-likeness (QED) is 0.208. The number of alkyl carbamates (subject to hydrolysis) is 1. The van der Waals surface area contributed by atoms with Gasteiger partial charge in [0, 0.05) is 0 Å². The van der Waals surface area contributed by atoms with Crippen molar-refractivity contribution in [2.75, 3.05) is 13.2 Å². The molecule has 1 amide bonds. The molecular weight excluding hydrogens is 330 g/mol. The molecule has 0 bridgehead atoms. The van der Waals surface area contributed by atoms with Crippen molar-refractivity contribution in [3.8, 4) is 0 Å². The van der Waals surface area contributed by atoms with Crippen LogP contribution in [-0.2, 0) is 14.3 Å². The highest BCUT2D eigenvalue weighted by atomic mass is 16.6. The first-order valence-corrected chi connectivity index (χ1v) is 10.4. The van der Waals surface area contributed by atoms with Gasteiger partial charge in [0.1, 0.15) is 12.6 Å². The van der Waals surface area contributed by atoms with Crippen LogP contribution in [0.5, 0.6) is 0 Å². The van der Waals surface area contributed by atoms with Crippen molar-refractivity contribution in [2.45, 2.75) is 96.9 Å². The van der Waals surface area contributed by atoms with Gasteiger partial charge in [0.05, 0.1) is 6.61 Å². The van der Waals surface area contributed by atoms with E-state index in [4.69, 9.17) is 9.47 Å². The number of carbonyl (C=O) groups is 2. The third-order valence-electron chi connectivity index (χ3n) is 4.25. The van der Waals surface area contributed by atoms with Crippen LogP contribution in [0.4, 0.5) is 4.79 Å². The van der Waals surface area contributed by atoms with E-state index in [1.165, 1.54) is 51.0 Å². The predicted molar refractivity (Wildman–Crippen MR) is 106 cm³/mol. The summed E-state index contributed by atoms with van der Waals surface area (Å²) in [4.78, 5) is 23.8. The fourth-order valence-corrected chi connectivity index (χ4v) is 2.66. The molecule has 5 nitrogen and oxygen atoms in total. The van der Waals surface area contributed by atoms with E-state index in [0.29, 0.717) is 13.0 Å². The Hall–Kier alpha value is -1.52. The largest absolute Gasteiger partial charge is 0.464 e. The van der Waals surface area contributed by atoms with E-state index in [2.05, 4.69) is 18.8 Å². The predicted octanol–water partition coefficient (Wildman–Crippen LogP) is 5.53. The Morgan fingerprint density at radius 3 is 2.04 bits per heavy atom. The molecule has 0 aliphatic heterocycles. The highest BCUT2D eigenvalue weighted by Gasteiger charge is 2.22. The van der Waals surface area contributed by atoms with Crippen molar-refractivity contribution in [1.82, 2.24) is 5.32 Å². The van der Waals surface area contributed by atoms with Gasteiger partial charge >= 0.3 is 12.1 Å². The fraction of sp³-hybridized carbons (Fsp3) is 0.810. The normalized spacial score (nSPS) is 11.6. The van der Waals surface area contributed by atoms with E-state index in [9.17, 15) is 9.59 Å². The third-order valence-corrected chi connectivity index (χ3v) is 4.25. The first kappa shape index (κ1) is 24.5. The van der Waals surface area contributed by atoms with E-state index in [1.807, 2.05) is 6.92 Å². The zero-order valence-electron chi connectivity index (χ0n) is 16.9. The highest BCUT2D eigenvalue weighted by Crippen LogP contribution is 2.10. The van der Waals surface area contributed by atoms with Gasteiger partial charge in [0.25, 0.3) is 0 Å². The second-order valence-electron chi connectivity index (χ2n) is 6.72. The number of ether oxygens (including phenoxy) is 2. The molecule has 1 N–H and O–H groups in total. The zero-order valence-corrected chi connectivity index (χ0v) is 16.9. The molecule has 152 valence electrons. The van der Waals surface area contributed by atoms with Gasteiger partial charge in [-0.25, -0.2) is 9.59 Å². The fourth-order valence-electron chi connectivity index (χ4n) is 2.66. The molecule has 0 aromatic rings. The van der Waals surface area contributed by atoms with Gasteiger partial charge in [-0.3, -0.25) is 0 Å². The summed E-state index contributed by atoms with van der Waals surface area (Å²) in [7, 11) is 0. The number of hydrogen-bond donors (Lipinski definition) is 1. The van der Waals surface area contributed by atoms with Gasteiger partial charge in [-0.15, -0.1) is 0 Å². The van der Waals surface area contributed by atoms with Gasteiger partial charge in [-0.05, 0) is 12.8 Å². The Morgan fingerprint density at radius 2 is 1.46 bits per heavy atom. The van der Waals surface area contributed by atoms with Gasteiger partial charge < -0.3 is 14.8 Å². The number of hydrogen-bond acceptors (Lipinski definition) is 4. The topological polar surface area (TPSA) is 64.6 Å². The molecule has 0 saturated carbocycles. The van der Waals surface area contributed by atoms with Crippen LogP contribution >= 0.6 is 0 Å². The SMILES string of the molecule is C=CCOC(=O)NC(CCCC)C(=O)OCCCCCCCCCCC. The molecule has 0 aliphatic carbocycles. The Kier molecular flexibility index (Phi) is 17.2. The van der Waals surface area contributed by atoms with Crippen LogP contribution < -0.4 is 5.32 Å². The van der Waals surface area contributed by atoms with Crippen LogP contribution in [0, 0.1) is 0 Å². The minimum atomic E-state index is -0.633. The maximum Gasteiger partial charge on any atom is 0.408 e. The maximum atomic E-state index is 12.2. The monoisotopic (exact) mass is 369 g/mol. The van der Waals surface area contributed by atoms with Crippen LogP contribution in [0.2, 0.25) is 0 Å². The molecule has 0 aromatic carbocycles. The number of carbonyl (C=O) groups excluding carboxylic acids is 2. The van der Waals surface area contributed by atoms with Gasteiger partial charge in [-0.2, -0.15) is 0 Å². The summed E-state index contributed by atoms with van der Waals surface area (Å²) in [6, 6.07) is -0.633. The van der Waals surface area contributed by atoms with Crippen LogP contribution in [0.25, 0.3) is 0 Å². The van der Waals surface area contributed by atoms with Crippen LogP contribution in [0.3, 0.4) is 0 Å². The van der Waals surface area contributed by atoms with Crippen molar-refractivity contribution < 1.29 is 19.1 Å². The average molecular weight is 370 g/mol. The third kappa shape index (κ3) is 14.8. The molecule has 0 saturated heterocycles. The first-order chi connectivity index (χ1) is 12.7. The highest BCUT2D eigenvalue weighted by molar-refractivity contribution is 5.81. The lowest BCUT2D eigenvalue weighted by Gasteiger charge is -2.17. The van der Waals surface area contributed by atoms with Gasteiger partial charge in [0.15, 0.2) is 0 Å². The van der Waals surface area contributed by atoms with Crippen molar-refractivity contribution in [1.29, 1.82) is 0 Å². The molecule has 0 aliphatic rings. The number of esters is 1. The van der Waals surface area contributed by atoms with Gasteiger partial charge in [-0.1, -0.05) is 90.7 Å². The minimum absolute atomic E-state index is 0.125. The standard InChI is InChI=1S/C21H39NO4/c1-4-7-9-10-11-12-13-14-15-18-25-20(23)19(16-8-5-2)22-21(24)26-17-6-3/h6,19H,3-5,7-18H2,1-2H3,(H,22,24). The van der Waals surface area contributed by atoms with Crippen molar-refractivity contribution in [3.05, 3.63) is 12.7 Å². The Labute approximate surface area is 159 Å². The van der Waals surface area contributed by atoms with Crippen LogP contribution in [0.15, 0.2) is 12.7 Å². The Balaban J connectivity index is 3.87. The van der Waals surface area contributed by atoms with E-state index < -0.39 is 12.1 Å². The maximum absolute atomic E-state index is 12.2. The molecule has 0 spiro atoms. The smallest absolute Gasteiger partial charge is 0.408 e. The van der Waals surface area contributed by atoms with Crippen LogP contribution in [0.1, 0.15) is 90.9 Å². The molecule has 26 heavy (non-hydrogen) atoms. The summed E-state index contributed by atoms with van der Waals surface area (Å²) in [6.45, 7) is 8.30. The number of unbranched alkanes of at least 4 members (excludes halogenated alkanes) is 9. The second kappa shape index (κ2) is 18.3. The molecule has 0 radical (unpaired) electrons. The summed E-state index contributed by atoms with van der Waals surface area (Å²) in [5.41, 5.74) is 0. The molecule has 5 heteroatoms. The first-order valence-electron chi connectivity index (χ1n) is 10.4. The Bertz CT molecular complexity index is 371. The van der Waals surface area contributed by atoms with E-state index in [-0.39, 0.29) is 12.6 Å². The molecular formula is C21H39NO4. The average Bonchev–Trinajstić information content (AvgIpc) is 2.64. The molecule has 0 aromatic heterocycles. The number of nitrogens with one attached hydrogen (secondary N) is 1. The number of amides is 1. The summed E-state index contributed by atoms with van der Waals surface area (Å²) in [5, 5.41) is 2.59. The molecule has 0 rings (SSSR count). The lowest BCUT2D eigenvalue weighted by molar-refractivity contribution is -0.146. The lowest BCUT2D eigenvalue weighted by Crippen LogP contribution is -2.42. The molecule has 1 atom stereocenters. The molecule has 0 fully saturated rings.